The Balaban J connectivity index is 0.00000338. The Morgan fingerprint density at radius 2 is 2.12 bits per heavy atom. The van der Waals surface area contributed by atoms with Crippen LogP contribution < -0.4 is 10.6 Å². The summed E-state index contributed by atoms with van der Waals surface area (Å²) in [7, 11) is 0. The minimum Gasteiger partial charge on any atom is -0.379 e. The zero-order chi connectivity index (χ0) is 17.7. The van der Waals surface area contributed by atoms with Gasteiger partial charge in [0, 0.05) is 37.9 Å². The molecule has 0 saturated carbocycles. The van der Waals surface area contributed by atoms with E-state index in [2.05, 4.69) is 34.7 Å². The minimum absolute atomic E-state index is 0. The number of benzene rings is 1. The Bertz CT molecular complexity index is 508. The Morgan fingerprint density at radius 1 is 1.31 bits per heavy atom. The van der Waals surface area contributed by atoms with Gasteiger partial charge in [-0.15, -0.1) is 24.0 Å². The van der Waals surface area contributed by atoms with E-state index in [-0.39, 0.29) is 24.0 Å². The van der Waals surface area contributed by atoms with E-state index >= 15 is 0 Å². The van der Waals surface area contributed by atoms with Crippen LogP contribution in [0.15, 0.2) is 29.3 Å². The highest BCUT2D eigenvalue weighted by molar-refractivity contribution is 14.0. The molecule has 1 heterocycles. The van der Waals surface area contributed by atoms with Gasteiger partial charge in [0.1, 0.15) is 0 Å². The first-order valence-electron chi connectivity index (χ1n) is 9.24. The second-order valence-corrected chi connectivity index (χ2v) is 6.56. The molecule has 7 heteroatoms. The van der Waals surface area contributed by atoms with E-state index in [1.807, 2.05) is 12.1 Å². The maximum absolute atomic E-state index is 5.91. The van der Waals surface area contributed by atoms with Crippen molar-refractivity contribution in [3.05, 3.63) is 34.9 Å². The Labute approximate surface area is 179 Å². The second kappa shape index (κ2) is 14.5. The van der Waals surface area contributed by atoms with Gasteiger partial charge < -0.3 is 20.1 Å². The molecule has 1 fully saturated rings. The average molecular weight is 496 g/mol. The summed E-state index contributed by atoms with van der Waals surface area (Å²) in [6.45, 7) is 6.83. The van der Waals surface area contributed by atoms with Crippen molar-refractivity contribution in [3.63, 3.8) is 0 Å². The fourth-order valence-corrected chi connectivity index (χ4v) is 2.79. The van der Waals surface area contributed by atoms with E-state index in [0.717, 1.165) is 69.5 Å². The molecule has 1 aromatic rings. The molecule has 0 aromatic heterocycles. The Hall–Kier alpha value is -0.570. The molecular formula is C19H31ClIN3O2. The van der Waals surface area contributed by atoms with Crippen LogP contribution in [0.5, 0.6) is 0 Å². The zero-order valence-electron chi connectivity index (χ0n) is 15.5. The lowest BCUT2D eigenvalue weighted by Gasteiger charge is -2.12. The standard InChI is InChI=1S/C19H30ClN3O2.HI/c1-2-21-19(23-12-10-16-6-8-17(20)9-7-16)22-11-4-13-24-15-18-5-3-14-25-18;/h6-9,18H,2-5,10-15H2,1H3,(H2,21,22,23);1H. The van der Waals surface area contributed by atoms with Gasteiger partial charge in [-0.1, -0.05) is 23.7 Å². The molecule has 2 N–H and O–H groups in total. The van der Waals surface area contributed by atoms with Gasteiger partial charge in [-0.2, -0.15) is 0 Å². The fraction of sp³-hybridized carbons (Fsp3) is 0.632. The first-order chi connectivity index (χ1) is 12.3. The van der Waals surface area contributed by atoms with Crippen molar-refractivity contribution in [1.82, 2.24) is 10.6 Å². The molecule has 1 saturated heterocycles. The van der Waals surface area contributed by atoms with Crippen LogP contribution in [0.2, 0.25) is 5.02 Å². The van der Waals surface area contributed by atoms with Crippen molar-refractivity contribution < 1.29 is 9.47 Å². The van der Waals surface area contributed by atoms with Crippen molar-refractivity contribution in [2.24, 2.45) is 4.99 Å². The fourth-order valence-electron chi connectivity index (χ4n) is 2.67. The predicted molar refractivity (Wildman–Crippen MR) is 119 cm³/mol. The summed E-state index contributed by atoms with van der Waals surface area (Å²) in [5, 5.41) is 7.41. The third kappa shape index (κ3) is 9.94. The van der Waals surface area contributed by atoms with E-state index in [1.54, 1.807) is 0 Å². The summed E-state index contributed by atoms with van der Waals surface area (Å²) < 4.78 is 11.2. The molecule has 0 aliphatic carbocycles. The Kier molecular flexibility index (Phi) is 13.1. The number of hydrogen-bond donors (Lipinski definition) is 2. The van der Waals surface area contributed by atoms with Gasteiger partial charge in [-0.05, 0) is 50.3 Å². The van der Waals surface area contributed by atoms with Gasteiger partial charge in [0.2, 0.25) is 0 Å². The molecule has 2 rings (SSSR count). The first-order valence-corrected chi connectivity index (χ1v) is 9.61. The van der Waals surface area contributed by atoms with E-state index in [1.165, 1.54) is 5.56 Å². The van der Waals surface area contributed by atoms with Gasteiger partial charge in [0.15, 0.2) is 5.96 Å². The van der Waals surface area contributed by atoms with Crippen molar-refractivity contribution >= 4 is 41.5 Å². The van der Waals surface area contributed by atoms with Crippen molar-refractivity contribution in [3.8, 4) is 0 Å². The predicted octanol–water partition coefficient (Wildman–Crippen LogP) is 3.64. The summed E-state index contributed by atoms with van der Waals surface area (Å²) in [6.07, 6.45) is 4.44. The van der Waals surface area contributed by atoms with Crippen LogP contribution in [0.4, 0.5) is 0 Å². The van der Waals surface area contributed by atoms with Gasteiger partial charge in [0.25, 0.3) is 0 Å². The highest BCUT2D eigenvalue weighted by Crippen LogP contribution is 2.12. The smallest absolute Gasteiger partial charge is 0.191 e. The summed E-state index contributed by atoms with van der Waals surface area (Å²) in [5.74, 6) is 0.857. The van der Waals surface area contributed by atoms with E-state index < -0.39 is 0 Å². The van der Waals surface area contributed by atoms with Crippen molar-refractivity contribution in [2.45, 2.75) is 38.7 Å². The molecule has 0 bridgehead atoms. The molecule has 1 aliphatic rings. The van der Waals surface area contributed by atoms with Crippen LogP contribution in [0.1, 0.15) is 31.7 Å². The lowest BCUT2D eigenvalue weighted by Crippen LogP contribution is -2.38. The van der Waals surface area contributed by atoms with Crippen LogP contribution in [0.25, 0.3) is 0 Å². The molecule has 148 valence electrons. The average Bonchev–Trinajstić information content (AvgIpc) is 3.13. The van der Waals surface area contributed by atoms with E-state index in [9.17, 15) is 0 Å². The summed E-state index contributed by atoms with van der Waals surface area (Å²) in [5.41, 5.74) is 1.26. The largest absolute Gasteiger partial charge is 0.379 e. The van der Waals surface area contributed by atoms with Gasteiger partial charge in [-0.25, -0.2) is 0 Å². The molecule has 1 aliphatic heterocycles. The monoisotopic (exact) mass is 495 g/mol. The number of hydrogen-bond acceptors (Lipinski definition) is 3. The SMILES string of the molecule is CCNC(=NCCCOCC1CCCO1)NCCc1ccc(Cl)cc1.I. The first kappa shape index (κ1) is 23.5. The molecule has 1 atom stereocenters. The number of nitrogens with one attached hydrogen (secondary N) is 2. The number of nitrogens with zero attached hydrogens (tertiary/aromatic N) is 1. The van der Waals surface area contributed by atoms with Gasteiger partial charge in [-0.3, -0.25) is 4.99 Å². The number of rotatable bonds is 10. The lowest BCUT2D eigenvalue weighted by atomic mass is 10.1. The van der Waals surface area contributed by atoms with Crippen LogP contribution >= 0.6 is 35.6 Å². The summed E-state index contributed by atoms with van der Waals surface area (Å²) in [6, 6.07) is 7.96. The van der Waals surface area contributed by atoms with Crippen molar-refractivity contribution in [2.75, 3.05) is 39.5 Å². The maximum atomic E-state index is 5.91. The molecule has 26 heavy (non-hydrogen) atoms. The minimum atomic E-state index is 0. The molecule has 0 spiro atoms. The third-order valence-electron chi connectivity index (χ3n) is 4.01. The second-order valence-electron chi connectivity index (χ2n) is 6.13. The molecule has 0 radical (unpaired) electrons. The van der Waals surface area contributed by atoms with E-state index in [4.69, 9.17) is 21.1 Å². The van der Waals surface area contributed by atoms with E-state index in [0.29, 0.717) is 12.7 Å². The van der Waals surface area contributed by atoms with Crippen molar-refractivity contribution in [1.29, 1.82) is 0 Å². The third-order valence-corrected chi connectivity index (χ3v) is 4.26. The number of guanidine groups is 1. The van der Waals surface area contributed by atoms with Crippen LogP contribution in [0, 0.1) is 0 Å². The lowest BCUT2D eigenvalue weighted by molar-refractivity contribution is 0.0171. The molecule has 1 aromatic carbocycles. The highest BCUT2D eigenvalue weighted by atomic mass is 127. The molecule has 0 amide bonds. The molecule has 1 unspecified atom stereocenters. The topological polar surface area (TPSA) is 54.9 Å². The number of halogens is 2. The number of aliphatic imine (C=N–C) groups is 1. The van der Waals surface area contributed by atoms with Crippen LogP contribution in [0.3, 0.4) is 0 Å². The summed E-state index contributed by atoms with van der Waals surface area (Å²) >= 11 is 5.91. The quantitative estimate of drug-likeness (QED) is 0.225. The highest BCUT2D eigenvalue weighted by Gasteiger charge is 2.14. The molecular weight excluding hydrogens is 465 g/mol. The number of ether oxygens (including phenoxy) is 2. The van der Waals surface area contributed by atoms with Crippen LogP contribution in [-0.2, 0) is 15.9 Å². The van der Waals surface area contributed by atoms with Crippen LogP contribution in [-0.4, -0.2) is 51.5 Å². The maximum Gasteiger partial charge on any atom is 0.191 e. The molecule has 5 nitrogen and oxygen atoms in total. The van der Waals surface area contributed by atoms with Gasteiger partial charge in [0.05, 0.1) is 12.7 Å². The Morgan fingerprint density at radius 3 is 2.81 bits per heavy atom. The zero-order valence-corrected chi connectivity index (χ0v) is 18.6. The normalized spacial score (nSPS) is 17.0. The van der Waals surface area contributed by atoms with Gasteiger partial charge >= 0.3 is 0 Å². The summed E-state index contributed by atoms with van der Waals surface area (Å²) in [4.78, 5) is 4.59.